The Morgan fingerprint density at radius 2 is 2.23 bits per heavy atom. The Labute approximate surface area is 84.9 Å². The normalized spacial score (nSPS) is 11.7. The standard InChI is InChI=1S/C6H5BrF3NOS/c7-1-4-11-2-5(13-4)12-3-6(8,9)10/h2H,1,3H2. The average molecular weight is 276 g/mol. The smallest absolute Gasteiger partial charge is 0.422 e. The Hall–Kier alpha value is -0.300. The van der Waals surface area contributed by atoms with Crippen molar-refractivity contribution in [3.8, 4) is 5.06 Å². The highest BCUT2D eigenvalue weighted by atomic mass is 79.9. The lowest BCUT2D eigenvalue weighted by Crippen LogP contribution is -2.18. The third kappa shape index (κ3) is 3.95. The van der Waals surface area contributed by atoms with Crippen molar-refractivity contribution in [3.63, 3.8) is 0 Å². The molecule has 0 fully saturated rings. The van der Waals surface area contributed by atoms with Crippen LogP contribution in [0, 0.1) is 0 Å². The van der Waals surface area contributed by atoms with Crippen molar-refractivity contribution < 1.29 is 17.9 Å². The highest BCUT2D eigenvalue weighted by molar-refractivity contribution is 9.08. The molecule has 0 aliphatic rings. The van der Waals surface area contributed by atoms with E-state index >= 15 is 0 Å². The van der Waals surface area contributed by atoms with Gasteiger partial charge in [-0.15, -0.1) is 0 Å². The maximum Gasteiger partial charge on any atom is 0.422 e. The molecule has 0 saturated heterocycles. The van der Waals surface area contributed by atoms with Crippen LogP contribution in [0.4, 0.5) is 13.2 Å². The zero-order chi connectivity index (χ0) is 9.90. The third-order valence-electron chi connectivity index (χ3n) is 1.02. The van der Waals surface area contributed by atoms with Gasteiger partial charge in [-0.25, -0.2) is 4.98 Å². The average Bonchev–Trinajstić information content (AvgIpc) is 2.47. The van der Waals surface area contributed by atoms with Crippen LogP contribution in [-0.4, -0.2) is 17.8 Å². The molecule has 7 heteroatoms. The van der Waals surface area contributed by atoms with Crippen LogP contribution in [0.1, 0.15) is 5.01 Å². The minimum Gasteiger partial charge on any atom is -0.473 e. The van der Waals surface area contributed by atoms with Gasteiger partial charge in [-0.05, 0) is 0 Å². The first-order valence-corrected chi connectivity index (χ1v) is 5.15. The van der Waals surface area contributed by atoms with Gasteiger partial charge in [0, 0.05) is 0 Å². The molecule has 1 heterocycles. The number of halogens is 4. The number of alkyl halides is 4. The number of nitrogens with zero attached hydrogens (tertiary/aromatic N) is 1. The monoisotopic (exact) mass is 275 g/mol. The summed E-state index contributed by atoms with van der Waals surface area (Å²) in [6.07, 6.45) is -3.01. The van der Waals surface area contributed by atoms with Crippen LogP contribution in [0.3, 0.4) is 0 Å². The number of ether oxygens (including phenoxy) is 1. The molecule has 0 unspecified atom stereocenters. The second-order valence-electron chi connectivity index (χ2n) is 2.11. The van der Waals surface area contributed by atoms with E-state index in [-0.39, 0.29) is 5.06 Å². The van der Waals surface area contributed by atoms with Crippen LogP contribution in [-0.2, 0) is 5.33 Å². The number of thiazole rings is 1. The van der Waals surface area contributed by atoms with Crippen molar-refractivity contribution >= 4 is 27.3 Å². The summed E-state index contributed by atoms with van der Waals surface area (Å²) in [7, 11) is 0. The van der Waals surface area contributed by atoms with E-state index in [2.05, 4.69) is 25.7 Å². The molecule has 0 N–H and O–H groups in total. The van der Waals surface area contributed by atoms with Crippen LogP contribution < -0.4 is 4.74 Å². The second-order valence-corrected chi connectivity index (χ2v) is 3.75. The summed E-state index contributed by atoms with van der Waals surface area (Å²) in [5.74, 6) is 0. The van der Waals surface area contributed by atoms with Crippen LogP contribution in [0.5, 0.6) is 5.06 Å². The molecule has 0 bridgehead atoms. The summed E-state index contributed by atoms with van der Waals surface area (Å²) in [5, 5.41) is 1.40. The lowest BCUT2D eigenvalue weighted by Gasteiger charge is -2.05. The summed E-state index contributed by atoms with van der Waals surface area (Å²) in [6, 6.07) is 0. The van der Waals surface area contributed by atoms with Gasteiger partial charge in [0.25, 0.3) is 0 Å². The maximum absolute atomic E-state index is 11.7. The molecule has 0 atom stereocenters. The van der Waals surface area contributed by atoms with Crippen LogP contribution >= 0.6 is 27.3 Å². The molecular formula is C6H5BrF3NOS. The SMILES string of the molecule is FC(F)(F)COc1cnc(CBr)s1. The Bertz CT molecular complexity index is 275. The fourth-order valence-corrected chi connectivity index (χ4v) is 1.68. The van der Waals surface area contributed by atoms with E-state index in [1.165, 1.54) is 6.20 Å². The summed E-state index contributed by atoms with van der Waals surface area (Å²) >= 11 is 4.22. The van der Waals surface area contributed by atoms with Gasteiger partial charge in [-0.2, -0.15) is 13.2 Å². The first kappa shape index (κ1) is 10.8. The van der Waals surface area contributed by atoms with Gasteiger partial charge in [0.15, 0.2) is 11.7 Å². The van der Waals surface area contributed by atoms with E-state index in [9.17, 15) is 13.2 Å². The lowest BCUT2D eigenvalue weighted by molar-refractivity contribution is -0.152. The van der Waals surface area contributed by atoms with Gasteiger partial charge in [0.2, 0.25) is 0 Å². The Kier molecular flexibility index (Phi) is 3.55. The first-order valence-electron chi connectivity index (χ1n) is 3.21. The molecule has 0 radical (unpaired) electrons. The van der Waals surface area contributed by atoms with Crippen molar-refractivity contribution in [1.82, 2.24) is 4.98 Å². The summed E-state index contributed by atoms with van der Waals surface area (Å²) < 4.78 is 39.5. The van der Waals surface area contributed by atoms with Crippen molar-refractivity contribution in [2.24, 2.45) is 0 Å². The second kappa shape index (κ2) is 4.28. The molecule has 0 saturated carbocycles. The van der Waals surface area contributed by atoms with E-state index in [1.807, 2.05) is 0 Å². The topological polar surface area (TPSA) is 22.1 Å². The highest BCUT2D eigenvalue weighted by Crippen LogP contribution is 2.25. The third-order valence-corrected chi connectivity index (χ3v) is 2.84. The molecule has 0 aromatic carbocycles. The fraction of sp³-hybridized carbons (Fsp3) is 0.500. The van der Waals surface area contributed by atoms with Gasteiger partial charge in [0.1, 0.15) is 5.01 Å². The molecular weight excluding hydrogens is 271 g/mol. The summed E-state index contributed by atoms with van der Waals surface area (Å²) in [4.78, 5) is 3.81. The van der Waals surface area contributed by atoms with Crippen molar-refractivity contribution in [2.45, 2.75) is 11.5 Å². The van der Waals surface area contributed by atoms with Gasteiger partial charge in [-0.1, -0.05) is 27.3 Å². The van der Waals surface area contributed by atoms with Gasteiger partial charge in [0.05, 0.1) is 11.5 Å². The minimum absolute atomic E-state index is 0.187. The summed E-state index contributed by atoms with van der Waals surface area (Å²) in [6.45, 7) is -1.27. The number of aromatic nitrogens is 1. The molecule has 1 aromatic heterocycles. The molecule has 1 rings (SSSR count). The number of hydrogen-bond donors (Lipinski definition) is 0. The van der Waals surface area contributed by atoms with Crippen molar-refractivity contribution in [1.29, 1.82) is 0 Å². The molecule has 1 aromatic rings. The van der Waals surface area contributed by atoms with Crippen LogP contribution in [0.2, 0.25) is 0 Å². The van der Waals surface area contributed by atoms with Crippen molar-refractivity contribution in [3.05, 3.63) is 11.2 Å². The van der Waals surface area contributed by atoms with E-state index in [0.717, 1.165) is 11.3 Å². The maximum atomic E-state index is 11.7. The van der Waals surface area contributed by atoms with Crippen LogP contribution in [0.15, 0.2) is 6.20 Å². The predicted octanol–water partition coefficient (Wildman–Crippen LogP) is 2.98. The molecule has 0 amide bonds. The quantitative estimate of drug-likeness (QED) is 0.792. The van der Waals surface area contributed by atoms with E-state index in [0.29, 0.717) is 10.3 Å². The van der Waals surface area contributed by atoms with E-state index in [4.69, 9.17) is 0 Å². The molecule has 0 aliphatic heterocycles. The summed E-state index contributed by atoms with van der Waals surface area (Å²) in [5.41, 5.74) is 0. The largest absolute Gasteiger partial charge is 0.473 e. The molecule has 74 valence electrons. The number of hydrogen-bond acceptors (Lipinski definition) is 3. The Morgan fingerprint density at radius 1 is 1.54 bits per heavy atom. The van der Waals surface area contributed by atoms with Gasteiger partial charge >= 0.3 is 6.18 Å². The van der Waals surface area contributed by atoms with E-state index < -0.39 is 12.8 Å². The van der Waals surface area contributed by atoms with E-state index in [1.54, 1.807) is 0 Å². The minimum atomic E-state index is -4.29. The molecule has 13 heavy (non-hydrogen) atoms. The Morgan fingerprint density at radius 3 is 2.69 bits per heavy atom. The zero-order valence-electron chi connectivity index (χ0n) is 6.27. The van der Waals surface area contributed by atoms with Gasteiger partial charge < -0.3 is 4.74 Å². The number of rotatable bonds is 3. The van der Waals surface area contributed by atoms with Crippen molar-refractivity contribution in [2.75, 3.05) is 6.61 Å². The molecule has 0 aliphatic carbocycles. The van der Waals surface area contributed by atoms with Gasteiger partial charge in [-0.3, -0.25) is 0 Å². The highest BCUT2D eigenvalue weighted by Gasteiger charge is 2.28. The van der Waals surface area contributed by atoms with Crippen LogP contribution in [0.25, 0.3) is 0 Å². The first-order chi connectivity index (χ1) is 6.01. The predicted molar refractivity (Wildman–Crippen MR) is 46.3 cm³/mol. The zero-order valence-corrected chi connectivity index (χ0v) is 8.67. The molecule has 0 spiro atoms. The fourth-order valence-electron chi connectivity index (χ4n) is 0.575. The lowest BCUT2D eigenvalue weighted by atomic mass is 10.7. The molecule has 2 nitrogen and oxygen atoms in total. The Balaban J connectivity index is 2.46.